The fraction of sp³-hybridized carbons (Fsp3) is 0.364. The van der Waals surface area contributed by atoms with Crippen molar-refractivity contribution in [2.75, 3.05) is 25.0 Å². The van der Waals surface area contributed by atoms with Crippen LogP contribution in [0, 0.1) is 0 Å². The number of amides is 1. The molecule has 0 saturated carbocycles. The van der Waals surface area contributed by atoms with Crippen molar-refractivity contribution in [2.24, 2.45) is 0 Å². The summed E-state index contributed by atoms with van der Waals surface area (Å²) in [7, 11) is 0. The number of carbonyl (C=O) groups is 1. The first kappa shape index (κ1) is 19.0. The third kappa shape index (κ3) is 3.41. The molecule has 8 heteroatoms. The number of carbonyl (C=O) groups excluding carboxylic acids is 1. The second-order valence-corrected chi connectivity index (χ2v) is 8.47. The molecule has 1 aliphatic rings. The van der Waals surface area contributed by atoms with E-state index in [4.69, 9.17) is 9.97 Å². The van der Waals surface area contributed by atoms with Gasteiger partial charge in [0.2, 0.25) is 5.91 Å². The van der Waals surface area contributed by atoms with Crippen LogP contribution in [-0.4, -0.2) is 50.0 Å². The SMILES string of the molecule is CCCNc1nc(-c2csc3ccccc23)nc2c1ncn2CCN1CCCC1=O. The predicted octanol–water partition coefficient (Wildman–Crippen LogP) is 4.15. The molecule has 3 aromatic heterocycles. The van der Waals surface area contributed by atoms with Gasteiger partial charge in [-0.3, -0.25) is 4.79 Å². The van der Waals surface area contributed by atoms with Gasteiger partial charge in [0, 0.05) is 53.6 Å². The van der Waals surface area contributed by atoms with Crippen LogP contribution in [0.3, 0.4) is 0 Å². The summed E-state index contributed by atoms with van der Waals surface area (Å²) in [6.45, 7) is 5.16. The van der Waals surface area contributed by atoms with Crippen molar-refractivity contribution in [1.82, 2.24) is 24.4 Å². The van der Waals surface area contributed by atoms with E-state index in [-0.39, 0.29) is 5.91 Å². The van der Waals surface area contributed by atoms with Crippen LogP contribution in [0.2, 0.25) is 0 Å². The second-order valence-electron chi connectivity index (χ2n) is 7.56. The molecule has 154 valence electrons. The molecule has 1 saturated heterocycles. The average Bonchev–Trinajstić information content (AvgIpc) is 3.48. The van der Waals surface area contributed by atoms with Gasteiger partial charge in [0.25, 0.3) is 0 Å². The fourth-order valence-electron chi connectivity index (χ4n) is 3.91. The van der Waals surface area contributed by atoms with Gasteiger partial charge in [-0.15, -0.1) is 11.3 Å². The number of imidazole rings is 1. The summed E-state index contributed by atoms with van der Waals surface area (Å²) in [5.74, 6) is 1.71. The average molecular weight is 421 g/mol. The van der Waals surface area contributed by atoms with Crippen LogP contribution in [-0.2, 0) is 11.3 Å². The van der Waals surface area contributed by atoms with Gasteiger partial charge in [-0.1, -0.05) is 25.1 Å². The predicted molar refractivity (Wildman–Crippen MR) is 121 cm³/mol. The zero-order chi connectivity index (χ0) is 20.5. The van der Waals surface area contributed by atoms with Gasteiger partial charge < -0.3 is 14.8 Å². The van der Waals surface area contributed by atoms with Gasteiger partial charge >= 0.3 is 0 Å². The molecule has 0 bridgehead atoms. The Kier molecular flexibility index (Phi) is 5.08. The highest BCUT2D eigenvalue weighted by Crippen LogP contribution is 2.33. The first-order valence-electron chi connectivity index (χ1n) is 10.5. The molecule has 5 rings (SSSR count). The van der Waals surface area contributed by atoms with Gasteiger partial charge in [0.1, 0.15) is 5.52 Å². The summed E-state index contributed by atoms with van der Waals surface area (Å²) in [4.78, 5) is 28.2. The van der Waals surface area contributed by atoms with E-state index < -0.39 is 0 Å². The fourth-order valence-corrected chi connectivity index (χ4v) is 4.85. The van der Waals surface area contributed by atoms with E-state index in [9.17, 15) is 4.79 Å². The van der Waals surface area contributed by atoms with Gasteiger partial charge in [0.05, 0.1) is 6.33 Å². The Bertz CT molecular complexity index is 1210. The normalized spacial score (nSPS) is 14.3. The molecule has 0 radical (unpaired) electrons. The molecule has 0 atom stereocenters. The molecule has 4 aromatic rings. The third-order valence-electron chi connectivity index (χ3n) is 5.51. The maximum Gasteiger partial charge on any atom is 0.222 e. The van der Waals surface area contributed by atoms with Crippen LogP contribution >= 0.6 is 11.3 Å². The van der Waals surface area contributed by atoms with Crippen molar-refractivity contribution in [3.8, 4) is 11.4 Å². The first-order valence-corrected chi connectivity index (χ1v) is 11.3. The molecule has 0 spiro atoms. The van der Waals surface area contributed by atoms with Crippen LogP contribution in [0.15, 0.2) is 36.0 Å². The smallest absolute Gasteiger partial charge is 0.222 e. The monoisotopic (exact) mass is 420 g/mol. The van der Waals surface area contributed by atoms with Crippen LogP contribution in [0.25, 0.3) is 32.6 Å². The van der Waals surface area contributed by atoms with E-state index in [1.165, 1.54) is 4.70 Å². The van der Waals surface area contributed by atoms with Crippen LogP contribution in [0.1, 0.15) is 26.2 Å². The molecular weight excluding hydrogens is 396 g/mol. The number of rotatable bonds is 7. The summed E-state index contributed by atoms with van der Waals surface area (Å²) in [6.07, 6.45) is 4.42. The van der Waals surface area contributed by atoms with Gasteiger partial charge in [-0.05, 0) is 18.9 Å². The van der Waals surface area contributed by atoms with Crippen molar-refractivity contribution >= 4 is 44.3 Å². The number of aromatic nitrogens is 4. The maximum atomic E-state index is 12.0. The number of likely N-dealkylation sites (tertiary alicyclic amines) is 1. The van der Waals surface area contributed by atoms with Crippen molar-refractivity contribution in [2.45, 2.75) is 32.7 Å². The Labute approximate surface area is 178 Å². The van der Waals surface area contributed by atoms with E-state index in [1.807, 2.05) is 21.9 Å². The third-order valence-corrected chi connectivity index (χ3v) is 6.47. The van der Waals surface area contributed by atoms with Crippen molar-refractivity contribution in [1.29, 1.82) is 0 Å². The number of hydrogen-bond acceptors (Lipinski definition) is 6. The molecule has 1 fully saturated rings. The van der Waals surface area contributed by atoms with Crippen LogP contribution in [0.4, 0.5) is 5.82 Å². The molecule has 1 aromatic carbocycles. The minimum atomic E-state index is 0.241. The van der Waals surface area contributed by atoms with E-state index in [1.54, 1.807) is 11.3 Å². The zero-order valence-corrected chi connectivity index (χ0v) is 17.8. The number of fused-ring (bicyclic) bond motifs is 2. The van der Waals surface area contributed by atoms with Crippen molar-refractivity contribution < 1.29 is 4.79 Å². The molecule has 1 N–H and O–H groups in total. The summed E-state index contributed by atoms with van der Waals surface area (Å²) in [5, 5.41) is 6.71. The van der Waals surface area contributed by atoms with Crippen molar-refractivity contribution in [3.63, 3.8) is 0 Å². The lowest BCUT2D eigenvalue weighted by Gasteiger charge is -2.16. The summed E-state index contributed by atoms with van der Waals surface area (Å²) in [6, 6.07) is 8.33. The highest BCUT2D eigenvalue weighted by molar-refractivity contribution is 7.17. The van der Waals surface area contributed by atoms with Crippen LogP contribution < -0.4 is 5.32 Å². The molecule has 30 heavy (non-hydrogen) atoms. The molecule has 1 aliphatic heterocycles. The first-order chi connectivity index (χ1) is 14.7. The van der Waals surface area contributed by atoms with E-state index in [2.05, 4.69) is 40.8 Å². The lowest BCUT2D eigenvalue weighted by molar-refractivity contribution is -0.127. The quantitative estimate of drug-likeness (QED) is 0.486. The Hall–Kier alpha value is -3.00. The topological polar surface area (TPSA) is 75.9 Å². The second kappa shape index (κ2) is 8.02. The lowest BCUT2D eigenvalue weighted by atomic mass is 10.1. The number of nitrogens with one attached hydrogen (secondary N) is 1. The number of nitrogens with zero attached hydrogens (tertiary/aromatic N) is 5. The largest absolute Gasteiger partial charge is 0.368 e. The Morgan fingerprint density at radius 2 is 2.10 bits per heavy atom. The summed E-state index contributed by atoms with van der Waals surface area (Å²) < 4.78 is 3.26. The van der Waals surface area contributed by atoms with Crippen LogP contribution in [0.5, 0.6) is 0 Å². The minimum absolute atomic E-state index is 0.241. The molecule has 7 nitrogen and oxygen atoms in total. The number of hydrogen-bond donors (Lipinski definition) is 1. The van der Waals surface area contributed by atoms with Gasteiger partial charge in [-0.2, -0.15) is 0 Å². The summed E-state index contributed by atoms with van der Waals surface area (Å²) >= 11 is 1.70. The van der Waals surface area contributed by atoms with E-state index in [0.29, 0.717) is 25.3 Å². The molecular formula is C22H24N6OS. The van der Waals surface area contributed by atoms with Gasteiger partial charge in [0.15, 0.2) is 17.3 Å². The van der Waals surface area contributed by atoms with E-state index >= 15 is 0 Å². The zero-order valence-electron chi connectivity index (χ0n) is 17.0. The molecule has 1 amide bonds. The highest BCUT2D eigenvalue weighted by atomic mass is 32.1. The minimum Gasteiger partial charge on any atom is -0.368 e. The molecule has 0 aliphatic carbocycles. The van der Waals surface area contributed by atoms with Crippen molar-refractivity contribution in [3.05, 3.63) is 36.0 Å². The lowest BCUT2D eigenvalue weighted by Crippen LogP contribution is -2.28. The van der Waals surface area contributed by atoms with E-state index in [0.717, 1.165) is 53.9 Å². The maximum absolute atomic E-state index is 12.0. The summed E-state index contributed by atoms with van der Waals surface area (Å²) in [5.41, 5.74) is 2.62. The Morgan fingerprint density at radius 3 is 2.93 bits per heavy atom. The number of anilines is 1. The highest BCUT2D eigenvalue weighted by Gasteiger charge is 2.21. The van der Waals surface area contributed by atoms with Gasteiger partial charge in [-0.25, -0.2) is 15.0 Å². The molecule has 4 heterocycles. The standard InChI is InChI=1S/C22H24N6OS/c1-2-9-23-21-19-22(28(14-24-19)12-11-27-10-5-8-18(27)29)26-20(25-21)16-13-30-17-7-4-3-6-15(16)17/h3-4,6-7,13-14H,2,5,8-12H2,1H3,(H,23,25,26). The Balaban J connectivity index is 1.56. The molecule has 0 unspecified atom stereocenters. The number of benzene rings is 1. The number of thiophene rings is 1. The Morgan fingerprint density at radius 1 is 1.20 bits per heavy atom.